The number of halogens is 1. The van der Waals surface area contributed by atoms with Crippen LogP contribution in [0, 0.1) is 0 Å². The molecule has 0 aromatic rings. The Morgan fingerprint density at radius 3 is 2.36 bits per heavy atom. The van der Waals surface area contributed by atoms with Crippen LogP contribution in [0.25, 0.3) is 0 Å². The van der Waals surface area contributed by atoms with Crippen LogP contribution >= 0.6 is 12.4 Å². The maximum Gasteiger partial charge on any atom is 0.214 e. The van der Waals surface area contributed by atoms with Crippen LogP contribution in [0.2, 0.25) is 0 Å². The zero-order valence-corrected chi connectivity index (χ0v) is 8.25. The molecule has 0 aliphatic carbocycles. The summed E-state index contributed by atoms with van der Waals surface area (Å²) in [6.07, 6.45) is 1.85. The standard InChI is InChI=1S/C6H13NO2S.ClH/c1-2-7-5-3-4-6-10(7,8)9;/h2-6H2,1H3;1H. The summed E-state index contributed by atoms with van der Waals surface area (Å²) in [5.41, 5.74) is 0. The van der Waals surface area contributed by atoms with E-state index in [4.69, 9.17) is 0 Å². The number of hydrogen-bond acceptors (Lipinski definition) is 2. The van der Waals surface area contributed by atoms with Crippen molar-refractivity contribution in [3.63, 3.8) is 0 Å². The predicted octanol–water partition coefficient (Wildman–Crippen LogP) is 0.854. The van der Waals surface area contributed by atoms with Gasteiger partial charge in [-0.1, -0.05) is 6.92 Å². The summed E-state index contributed by atoms with van der Waals surface area (Å²) in [5, 5.41) is 0. The molecular formula is C6H14ClNO2S. The summed E-state index contributed by atoms with van der Waals surface area (Å²) in [6.45, 7) is 3.23. The van der Waals surface area contributed by atoms with E-state index in [2.05, 4.69) is 0 Å². The van der Waals surface area contributed by atoms with Gasteiger partial charge >= 0.3 is 0 Å². The van der Waals surface area contributed by atoms with Crippen LogP contribution in [-0.2, 0) is 10.0 Å². The highest BCUT2D eigenvalue weighted by Gasteiger charge is 2.23. The first-order valence-corrected chi connectivity index (χ1v) is 5.25. The fourth-order valence-electron chi connectivity index (χ4n) is 1.20. The van der Waals surface area contributed by atoms with Crippen molar-refractivity contribution >= 4 is 22.4 Å². The second-order valence-electron chi connectivity index (χ2n) is 2.51. The van der Waals surface area contributed by atoms with Gasteiger partial charge in [0, 0.05) is 13.1 Å². The molecule has 0 bridgehead atoms. The smallest absolute Gasteiger partial charge is 0.212 e. The Kier molecular flexibility index (Phi) is 4.36. The van der Waals surface area contributed by atoms with Crippen LogP contribution < -0.4 is 0 Å². The summed E-state index contributed by atoms with van der Waals surface area (Å²) >= 11 is 0. The fourth-order valence-corrected chi connectivity index (χ4v) is 2.82. The maximum absolute atomic E-state index is 11.1. The van der Waals surface area contributed by atoms with E-state index in [1.54, 1.807) is 4.31 Å². The van der Waals surface area contributed by atoms with E-state index in [1.165, 1.54) is 0 Å². The van der Waals surface area contributed by atoms with Gasteiger partial charge in [-0.2, -0.15) is 0 Å². The lowest BCUT2D eigenvalue weighted by Gasteiger charge is -2.24. The molecular weight excluding hydrogens is 186 g/mol. The van der Waals surface area contributed by atoms with Gasteiger partial charge in [0.25, 0.3) is 0 Å². The minimum absolute atomic E-state index is 0. The third-order valence-electron chi connectivity index (χ3n) is 1.81. The Balaban J connectivity index is 0.000001000. The lowest BCUT2D eigenvalue weighted by molar-refractivity contribution is 0.398. The minimum Gasteiger partial charge on any atom is -0.212 e. The van der Waals surface area contributed by atoms with Gasteiger partial charge < -0.3 is 0 Å². The molecule has 0 aromatic carbocycles. The molecule has 0 atom stereocenters. The molecule has 0 N–H and O–H groups in total. The summed E-state index contributed by atoms with van der Waals surface area (Å²) in [6, 6.07) is 0. The van der Waals surface area contributed by atoms with E-state index in [9.17, 15) is 8.42 Å². The lowest BCUT2D eigenvalue weighted by atomic mass is 10.3. The topological polar surface area (TPSA) is 37.4 Å². The molecule has 68 valence electrons. The molecule has 3 nitrogen and oxygen atoms in total. The number of nitrogens with zero attached hydrogens (tertiary/aromatic N) is 1. The molecule has 11 heavy (non-hydrogen) atoms. The highest BCUT2D eigenvalue weighted by atomic mass is 35.5. The van der Waals surface area contributed by atoms with Crippen LogP contribution in [0.3, 0.4) is 0 Å². The van der Waals surface area contributed by atoms with Crippen molar-refractivity contribution in [2.45, 2.75) is 19.8 Å². The lowest BCUT2D eigenvalue weighted by Crippen LogP contribution is -2.37. The SMILES string of the molecule is CCN1CCCCS1(=O)=O.Cl. The first-order valence-electron chi connectivity index (χ1n) is 3.64. The van der Waals surface area contributed by atoms with Gasteiger partial charge in [0.2, 0.25) is 10.0 Å². The predicted molar refractivity (Wildman–Crippen MR) is 47.5 cm³/mol. The summed E-state index contributed by atoms with van der Waals surface area (Å²) in [5.74, 6) is 0.348. The largest absolute Gasteiger partial charge is 0.214 e. The summed E-state index contributed by atoms with van der Waals surface area (Å²) in [4.78, 5) is 0. The van der Waals surface area contributed by atoms with Crippen molar-refractivity contribution in [2.75, 3.05) is 18.8 Å². The Labute approximate surface area is 74.2 Å². The van der Waals surface area contributed by atoms with Gasteiger partial charge in [-0.25, -0.2) is 12.7 Å². The molecule has 1 saturated heterocycles. The highest BCUT2D eigenvalue weighted by molar-refractivity contribution is 7.89. The molecule has 0 radical (unpaired) electrons. The van der Waals surface area contributed by atoms with E-state index in [1.807, 2.05) is 6.92 Å². The average Bonchev–Trinajstić information content (AvgIpc) is 1.87. The number of sulfonamides is 1. The molecule has 1 rings (SSSR count). The van der Waals surface area contributed by atoms with Crippen molar-refractivity contribution in [1.82, 2.24) is 4.31 Å². The van der Waals surface area contributed by atoms with Crippen LogP contribution in [0.1, 0.15) is 19.8 Å². The van der Waals surface area contributed by atoms with Gasteiger partial charge in [0.15, 0.2) is 0 Å². The molecule has 0 unspecified atom stereocenters. The fraction of sp³-hybridized carbons (Fsp3) is 1.00. The van der Waals surface area contributed by atoms with E-state index >= 15 is 0 Å². The molecule has 0 amide bonds. The summed E-state index contributed by atoms with van der Waals surface area (Å²) < 4.78 is 23.8. The van der Waals surface area contributed by atoms with Gasteiger partial charge in [-0.3, -0.25) is 0 Å². The minimum atomic E-state index is -2.84. The molecule has 1 heterocycles. The van der Waals surface area contributed by atoms with Gasteiger partial charge in [0.05, 0.1) is 5.75 Å². The highest BCUT2D eigenvalue weighted by Crippen LogP contribution is 2.11. The molecule has 1 aliphatic heterocycles. The van der Waals surface area contributed by atoms with Crippen LogP contribution in [0.5, 0.6) is 0 Å². The van der Waals surface area contributed by atoms with Crippen molar-refractivity contribution in [3.05, 3.63) is 0 Å². The molecule has 1 fully saturated rings. The van der Waals surface area contributed by atoms with Crippen LogP contribution in [-0.4, -0.2) is 31.6 Å². The van der Waals surface area contributed by atoms with Crippen molar-refractivity contribution in [3.8, 4) is 0 Å². The normalized spacial score (nSPS) is 24.1. The van der Waals surface area contributed by atoms with Gasteiger partial charge in [-0.05, 0) is 12.8 Å². The third kappa shape index (κ3) is 2.61. The Bertz CT molecular complexity index is 203. The van der Waals surface area contributed by atoms with E-state index in [-0.39, 0.29) is 12.4 Å². The number of hydrogen-bond donors (Lipinski definition) is 0. The Morgan fingerprint density at radius 2 is 2.00 bits per heavy atom. The van der Waals surface area contributed by atoms with Crippen molar-refractivity contribution in [2.24, 2.45) is 0 Å². The molecule has 0 aromatic heterocycles. The zero-order valence-electron chi connectivity index (χ0n) is 6.62. The quantitative estimate of drug-likeness (QED) is 0.628. The van der Waals surface area contributed by atoms with E-state index in [0.717, 1.165) is 19.4 Å². The second-order valence-corrected chi connectivity index (χ2v) is 4.60. The Hall–Kier alpha value is 0.200. The Morgan fingerprint density at radius 1 is 1.36 bits per heavy atom. The summed E-state index contributed by atoms with van der Waals surface area (Å²) in [7, 11) is -2.84. The van der Waals surface area contributed by atoms with Crippen LogP contribution in [0.15, 0.2) is 0 Å². The average molecular weight is 200 g/mol. The van der Waals surface area contributed by atoms with E-state index < -0.39 is 10.0 Å². The van der Waals surface area contributed by atoms with E-state index in [0.29, 0.717) is 12.3 Å². The maximum atomic E-state index is 11.1. The molecule has 1 aliphatic rings. The third-order valence-corrected chi connectivity index (χ3v) is 3.84. The molecule has 0 spiro atoms. The zero-order chi connectivity index (χ0) is 7.61. The van der Waals surface area contributed by atoms with Gasteiger partial charge in [-0.15, -0.1) is 12.4 Å². The van der Waals surface area contributed by atoms with Crippen molar-refractivity contribution in [1.29, 1.82) is 0 Å². The van der Waals surface area contributed by atoms with Gasteiger partial charge in [0.1, 0.15) is 0 Å². The monoisotopic (exact) mass is 199 g/mol. The molecule has 5 heteroatoms. The molecule has 0 saturated carbocycles. The first-order chi connectivity index (χ1) is 4.67. The second kappa shape index (κ2) is 4.28. The van der Waals surface area contributed by atoms with Crippen LogP contribution in [0.4, 0.5) is 0 Å². The first kappa shape index (κ1) is 11.2. The van der Waals surface area contributed by atoms with Crippen molar-refractivity contribution < 1.29 is 8.42 Å². The number of rotatable bonds is 1.